The molecule has 1 aromatic heterocycles. The van der Waals surface area contributed by atoms with Gasteiger partial charge in [-0.3, -0.25) is 0 Å². The van der Waals surface area contributed by atoms with E-state index in [1.807, 2.05) is 13.8 Å². The number of ether oxygens (including phenoxy) is 1. The number of hydrogen-bond donors (Lipinski definition) is 2. The van der Waals surface area contributed by atoms with Crippen LogP contribution in [-0.4, -0.2) is 34.5 Å². The molecule has 3 aromatic carbocycles. The molecular weight excluding hydrogens is 447 g/mol. The first-order valence-corrected chi connectivity index (χ1v) is 10.4. The van der Waals surface area contributed by atoms with Crippen molar-refractivity contribution < 1.29 is 32.9 Å². The lowest BCUT2D eigenvalue weighted by Crippen LogP contribution is -2.27. The summed E-state index contributed by atoms with van der Waals surface area (Å²) in [6.07, 6.45) is 0. The van der Waals surface area contributed by atoms with E-state index in [-0.39, 0.29) is 23.2 Å². The summed E-state index contributed by atoms with van der Waals surface area (Å²) in [4.78, 5) is 11.6. The summed E-state index contributed by atoms with van der Waals surface area (Å²) < 4.78 is 49.6. The Bertz CT molecular complexity index is 1430. The van der Waals surface area contributed by atoms with Crippen LogP contribution in [0.2, 0.25) is 0 Å². The number of aromatic nitrogens is 1. The Labute approximate surface area is 193 Å². The quantitative estimate of drug-likeness (QED) is 0.361. The number of halogens is 3. The highest BCUT2D eigenvalue weighted by molar-refractivity contribution is 6.04. The normalized spacial score (nSPS) is 11.8. The number of aromatic hydroxyl groups is 1. The van der Waals surface area contributed by atoms with Gasteiger partial charge in [-0.1, -0.05) is 26.0 Å². The molecule has 1 heterocycles. The molecule has 8 heteroatoms. The van der Waals surface area contributed by atoms with Crippen molar-refractivity contribution in [3.05, 3.63) is 83.3 Å². The average Bonchev–Trinajstić information content (AvgIpc) is 3.15. The van der Waals surface area contributed by atoms with Crippen LogP contribution in [0.5, 0.6) is 5.75 Å². The summed E-state index contributed by atoms with van der Waals surface area (Å²) in [6, 6.07) is 11.9. The molecule has 176 valence electrons. The van der Waals surface area contributed by atoms with E-state index >= 15 is 0 Å². The Morgan fingerprint density at radius 1 is 1.00 bits per heavy atom. The van der Waals surface area contributed by atoms with Gasteiger partial charge < -0.3 is 19.5 Å². The lowest BCUT2D eigenvalue weighted by atomic mass is 9.84. The zero-order chi connectivity index (χ0) is 24.8. The molecule has 0 bridgehead atoms. The molecule has 0 atom stereocenters. The molecule has 0 saturated carbocycles. The van der Waals surface area contributed by atoms with E-state index in [0.29, 0.717) is 22.3 Å². The van der Waals surface area contributed by atoms with Crippen LogP contribution in [-0.2, 0) is 10.2 Å². The molecule has 0 spiro atoms. The van der Waals surface area contributed by atoms with Crippen LogP contribution in [0.4, 0.5) is 13.2 Å². The highest BCUT2D eigenvalue weighted by atomic mass is 19.2. The second-order valence-electron chi connectivity index (χ2n) is 8.65. The molecule has 0 aliphatic heterocycles. The first kappa shape index (κ1) is 23.4. The number of fused-ring (bicyclic) bond motifs is 1. The van der Waals surface area contributed by atoms with Crippen LogP contribution in [0, 0.1) is 17.5 Å². The van der Waals surface area contributed by atoms with Crippen LogP contribution >= 0.6 is 0 Å². The van der Waals surface area contributed by atoms with Crippen molar-refractivity contribution in [2.45, 2.75) is 19.3 Å². The average molecular weight is 469 g/mol. The predicted molar refractivity (Wildman–Crippen MR) is 122 cm³/mol. The van der Waals surface area contributed by atoms with Crippen molar-refractivity contribution in [1.82, 2.24) is 4.57 Å². The van der Waals surface area contributed by atoms with Crippen LogP contribution in [0.1, 0.15) is 29.9 Å². The van der Waals surface area contributed by atoms with Crippen molar-refractivity contribution in [2.24, 2.45) is 0 Å². The molecule has 5 nitrogen and oxygen atoms in total. The molecule has 0 saturated heterocycles. The van der Waals surface area contributed by atoms with Crippen LogP contribution in [0.15, 0.2) is 54.6 Å². The van der Waals surface area contributed by atoms with E-state index in [1.54, 1.807) is 16.7 Å². The fourth-order valence-corrected chi connectivity index (χ4v) is 4.39. The fourth-order valence-electron chi connectivity index (χ4n) is 4.39. The molecule has 4 aromatic rings. The smallest absolute Gasteiger partial charge is 0.335 e. The largest absolute Gasteiger partial charge is 0.504 e. The van der Waals surface area contributed by atoms with Crippen molar-refractivity contribution in [3.8, 4) is 22.6 Å². The Hall–Kier alpha value is -3.78. The first-order chi connectivity index (χ1) is 16.1. The maximum atomic E-state index is 14.6. The van der Waals surface area contributed by atoms with Crippen LogP contribution < -0.4 is 0 Å². The van der Waals surface area contributed by atoms with Crippen molar-refractivity contribution in [3.63, 3.8) is 0 Å². The number of aromatic carboxylic acids is 1. The molecule has 0 radical (unpaired) electrons. The van der Waals surface area contributed by atoms with Gasteiger partial charge in [0.1, 0.15) is 0 Å². The minimum Gasteiger partial charge on any atom is -0.504 e. The zero-order valence-electron chi connectivity index (χ0n) is 18.7. The number of phenols is 1. The molecule has 2 N–H and O–H groups in total. The summed E-state index contributed by atoms with van der Waals surface area (Å²) in [5.41, 5.74) is 1.05. The number of hydrogen-bond acceptors (Lipinski definition) is 3. The third kappa shape index (κ3) is 3.80. The van der Waals surface area contributed by atoms with E-state index in [0.717, 1.165) is 18.2 Å². The van der Waals surface area contributed by atoms with E-state index in [2.05, 4.69) is 0 Å². The second kappa shape index (κ2) is 8.53. The molecule has 0 aliphatic rings. The highest BCUT2D eigenvalue weighted by Gasteiger charge is 2.34. The van der Waals surface area contributed by atoms with E-state index in [1.165, 1.54) is 31.4 Å². The Morgan fingerprint density at radius 2 is 1.71 bits per heavy atom. The fraction of sp³-hybridized carbons (Fsp3) is 0.192. The number of carboxylic acids is 1. The molecular formula is C26H22F3NO4. The third-order valence-corrected chi connectivity index (χ3v) is 5.76. The number of carboxylic acid groups (broad SMARTS) is 1. The Balaban J connectivity index is 2.24. The maximum Gasteiger partial charge on any atom is 0.335 e. The SMILES string of the molecule is COCC(C)(C)c1c(-c2cccc(C(=O)O)c2)c2c(O)c(F)ccc2n1-c1ccc(F)c(F)c1. The van der Waals surface area contributed by atoms with Crippen molar-refractivity contribution in [1.29, 1.82) is 0 Å². The van der Waals surface area contributed by atoms with Crippen molar-refractivity contribution in [2.75, 3.05) is 13.7 Å². The van der Waals surface area contributed by atoms with Crippen molar-refractivity contribution >= 4 is 16.9 Å². The van der Waals surface area contributed by atoms with Gasteiger partial charge in [0.25, 0.3) is 0 Å². The van der Waals surface area contributed by atoms with E-state index < -0.39 is 34.6 Å². The molecule has 4 rings (SSSR count). The van der Waals surface area contributed by atoms with Crippen LogP contribution in [0.25, 0.3) is 27.7 Å². The number of methoxy groups -OCH3 is 1. The van der Waals surface area contributed by atoms with E-state index in [4.69, 9.17) is 4.74 Å². The molecule has 34 heavy (non-hydrogen) atoms. The topological polar surface area (TPSA) is 71.7 Å². The predicted octanol–water partition coefficient (Wildman–Crippen LogP) is 6.04. The zero-order valence-corrected chi connectivity index (χ0v) is 18.7. The molecule has 0 amide bonds. The number of phenolic OH excluding ortho intramolecular Hbond substituents is 1. The first-order valence-electron chi connectivity index (χ1n) is 10.4. The maximum absolute atomic E-state index is 14.6. The Kier molecular flexibility index (Phi) is 5.87. The summed E-state index contributed by atoms with van der Waals surface area (Å²) in [7, 11) is 1.51. The second-order valence-corrected chi connectivity index (χ2v) is 8.65. The van der Waals surface area contributed by atoms with Gasteiger partial charge in [0.15, 0.2) is 23.2 Å². The monoisotopic (exact) mass is 469 g/mol. The van der Waals surface area contributed by atoms with Gasteiger partial charge in [-0.05, 0) is 42.0 Å². The lowest BCUT2D eigenvalue weighted by molar-refractivity contribution is 0.0697. The highest BCUT2D eigenvalue weighted by Crippen LogP contribution is 2.47. The van der Waals surface area contributed by atoms with Gasteiger partial charge in [-0.2, -0.15) is 0 Å². The summed E-state index contributed by atoms with van der Waals surface area (Å²) in [6.45, 7) is 3.87. The standard InChI is InChI=1S/C26H22F3NO4/c1-26(2,13-34-3)24-21(14-5-4-6-15(11-14)25(32)33)22-20(10-9-18(28)23(22)31)30(24)16-7-8-17(27)19(29)12-16/h4-12,31H,13H2,1-3H3,(H,32,33). The minimum absolute atomic E-state index is 0.00221. The van der Waals surface area contributed by atoms with Gasteiger partial charge in [-0.15, -0.1) is 0 Å². The van der Waals surface area contributed by atoms with Gasteiger partial charge in [0.2, 0.25) is 0 Å². The third-order valence-electron chi connectivity index (χ3n) is 5.76. The number of nitrogens with zero attached hydrogens (tertiary/aromatic N) is 1. The minimum atomic E-state index is -1.15. The van der Waals surface area contributed by atoms with Gasteiger partial charge in [-0.25, -0.2) is 18.0 Å². The molecule has 0 unspecified atom stereocenters. The van der Waals surface area contributed by atoms with Gasteiger partial charge in [0.05, 0.1) is 23.1 Å². The summed E-state index contributed by atoms with van der Waals surface area (Å²) >= 11 is 0. The Morgan fingerprint density at radius 3 is 2.35 bits per heavy atom. The molecule has 0 fully saturated rings. The van der Waals surface area contributed by atoms with Gasteiger partial charge >= 0.3 is 5.97 Å². The number of rotatable bonds is 6. The van der Waals surface area contributed by atoms with Gasteiger partial charge in [0, 0.05) is 35.5 Å². The van der Waals surface area contributed by atoms with Crippen LogP contribution in [0.3, 0.4) is 0 Å². The lowest BCUT2D eigenvalue weighted by Gasteiger charge is -2.28. The van der Waals surface area contributed by atoms with E-state index in [9.17, 15) is 28.2 Å². The number of carbonyl (C=O) groups is 1. The number of benzene rings is 3. The summed E-state index contributed by atoms with van der Waals surface area (Å²) in [5.74, 6) is -4.76. The summed E-state index contributed by atoms with van der Waals surface area (Å²) in [5, 5.41) is 20.4. The molecule has 0 aliphatic carbocycles.